The molecule has 2 aromatic rings. The van der Waals surface area contributed by atoms with Crippen molar-refractivity contribution >= 4 is 10.9 Å². The third-order valence-corrected chi connectivity index (χ3v) is 4.82. The lowest BCUT2D eigenvalue weighted by atomic mass is 9.97. The van der Waals surface area contributed by atoms with Gasteiger partial charge in [0.2, 0.25) is 0 Å². The first-order chi connectivity index (χ1) is 8.92. The second kappa shape index (κ2) is 4.13. The molecule has 2 saturated heterocycles. The molecule has 0 spiro atoms. The molecule has 2 aliphatic rings. The third kappa shape index (κ3) is 1.59. The molecule has 0 amide bonds. The van der Waals surface area contributed by atoms with Crippen LogP contribution in [0.3, 0.4) is 0 Å². The zero-order chi connectivity index (χ0) is 11.9. The third-order valence-electron chi connectivity index (χ3n) is 4.82. The van der Waals surface area contributed by atoms with Gasteiger partial charge in [0.25, 0.3) is 0 Å². The first-order valence-electron chi connectivity index (χ1n) is 7.21. The van der Waals surface area contributed by atoms with Crippen LogP contribution in [0, 0.1) is 0 Å². The zero-order valence-electron chi connectivity index (χ0n) is 10.8. The number of benzene rings is 1. The van der Waals surface area contributed by atoms with Gasteiger partial charge in [-0.25, -0.2) is 0 Å². The minimum absolute atomic E-state index is 0.712. The van der Waals surface area contributed by atoms with Crippen LogP contribution < -0.4 is 0 Å². The summed E-state index contributed by atoms with van der Waals surface area (Å²) in [7, 11) is 0. The van der Waals surface area contributed by atoms with Crippen molar-refractivity contribution < 1.29 is 0 Å². The fourth-order valence-electron chi connectivity index (χ4n) is 3.88. The summed E-state index contributed by atoms with van der Waals surface area (Å²) in [6.07, 6.45) is 7.77. The molecule has 0 bridgehead atoms. The minimum Gasteiger partial charge on any atom is -0.344 e. The van der Waals surface area contributed by atoms with Crippen molar-refractivity contribution in [3.8, 4) is 0 Å². The summed E-state index contributed by atoms with van der Waals surface area (Å²) < 4.78 is 2.52. The van der Waals surface area contributed by atoms with E-state index in [4.69, 9.17) is 0 Å². The monoisotopic (exact) mass is 240 g/mol. The van der Waals surface area contributed by atoms with Gasteiger partial charge in [0.05, 0.1) is 0 Å². The number of para-hydroxylation sites is 1. The number of fused-ring (bicyclic) bond motifs is 2. The lowest BCUT2D eigenvalue weighted by Crippen LogP contribution is -2.38. The van der Waals surface area contributed by atoms with Crippen LogP contribution in [0.4, 0.5) is 0 Å². The average Bonchev–Trinajstić information content (AvgIpc) is 3.04. The van der Waals surface area contributed by atoms with E-state index >= 15 is 0 Å². The van der Waals surface area contributed by atoms with Gasteiger partial charge in [-0.05, 0) is 49.7 Å². The quantitative estimate of drug-likeness (QED) is 0.741. The SMILES string of the molecule is c1ccc2c(c1)ccn2C1CCN2CCCC2C1. The van der Waals surface area contributed by atoms with Crippen LogP contribution in [-0.4, -0.2) is 28.6 Å². The fraction of sp³-hybridized carbons (Fsp3) is 0.500. The maximum Gasteiger partial charge on any atom is 0.0482 e. The second-order valence-corrected chi connectivity index (χ2v) is 5.79. The molecule has 2 unspecified atom stereocenters. The summed E-state index contributed by atoms with van der Waals surface area (Å²) in [5, 5.41) is 1.38. The van der Waals surface area contributed by atoms with Crippen LogP contribution in [0.15, 0.2) is 36.5 Å². The number of rotatable bonds is 1. The van der Waals surface area contributed by atoms with E-state index < -0.39 is 0 Å². The Bertz CT molecular complexity index is 557. The largest absolute Gasteiger partial charge is 0.344 e. The van der Waals surface area contributed by atoms with Gasteiger partial charge in [0, 0.05) is 30.3 Å². The number of aromatic nitrogens is 1. The van der Waals surface area contributed by atoms with E-state index in [0.29, 0.717) is 6.04 Å². The van der Waals surface area contributed by atoms with Gasteiger partial charge in [-0.2, -0.15) is 0 Å². The molecule has 0 aliphatic carbocycles. The molecule has 18 heavy (non-hydrogen) atoms. The Morgan fingerprint density at radius 3 is 2.89 bits per heavy atom. The Labute approximate surface area is 108 Å². The molecule has 2 atom stereocenters. The highest BCUT2D eigenvalue weighted by molar-refractivity contribution is 5.80. The van der Waals surface area contributed by atoms with E-state index in [2.05, 4.69) is 46.0 Å². The predicted molar refractivity (Wildman–Crippen MR) is 74.8 cm³/mol. The summed E-state index contributed by atoms with van der Waals surface area (Å²) in [6.45, 7) is 2.63. The van der Waals surface area contributed by atoms with Gasteiger partial charge in [-0.15, -0.1) is 0 Å². The Kier molecular flexibility index (Phi) is 2.44. The molecule has 2 aliphatic heterocycles. The van der Waals surface area contributed by atoms with Crippen LogP contribution in [-0.2, 0) is 0 Å². The maximum atomic E-state index is 2.70. The molecule has 2 fully saturated rings. The first kappa shape index (κ1) is 10.6. The average molecular weight is 240 g/mol. The van der Waals surface area contributed by atoms with Crippen molar-refractivity contribution in [3.63, 3.8) is 0 Å². The first-order valence-corrected chi connectivity index (χ1v) is 7.21. The Morgan fingerprint density at radius 2 is 1.89 bits per heavy atom. The molecule has 3 heterocycles. The normalized spacial score (nSPS) is 28.7. The topological polar surface area (TPSA) is 8.17 Å². The van der Waals surface area contributed by atoms with E-state index in [1.54, 1.807) is 0 Å². The van der Waals surface area contributed by atoms with Crippen molar-refractivity contribution in [3.05, 3.63) is 36.5 Å². The van der Waals surface area contributed by atoms with E-state index in [9.17, 15) is 0 Å². The molecule has 2 nitrogen and oxygen atoms in total. The fourth-order valence-corrected chi connectivity index (χ4v) is 3.88. The van der Waals surface area contributed by atoms with E-state index in [0.717, 1.165) is 6.04 Å². The summed E-state index contributed by atoms with van der Waals surface area (Å²) >= 11 is 0. The highest BCUT2D eigenvalue weighted by atomic mass is 15.2. The van der Waals surface area contributed by atoms with Crippen LogP contribution in [0.25, 0.3) is 10.9 Å². The van der Waals surface area contributed by atoms with E-state index in [1.165, 1.54) is 49.7 Å². The number of hydrogen-bond donors (Lipinski definition) is 0. The number of piperidine rings is 1. The molecular weight excluding hydrogens is 220 g/mol. The molecule has 0 radical (unpaired) electrons. The van der Waals surface area contributed by atoms with Gasteiger partial charge in [0.1, 0.15) is 0 Å². The molecule has 2 heteroatoms. The summed E-state index contributed by atoms with van der Waals surface area (Å²) in [4.78, 5) is 2.70. The predicted octanol–water partition coefficient (Wildman–Crippen LogP) is 3.44. The summed E-state index contributed by atoms with van der Waals surface area (Å²) in [5.74, 6) is 0. The van der Waals surface area contributed by atoms with Crippen LogP contribution >= 0.6 is 0 Å². The smallest absolute Gasteiger partial charge is 0.0482 e. The van der Waals surface area contributed by atoms with Crippen LogP contribution in [0.1, 0.15) is 31.7 Å². The van der Waals surface area contributed by atoms with Crippen molar-refractivity contribution in [1.82, 2.24) is 9.47 Å². The van der Waals surface area contributed by atoms with Gasteiger partial charge >= 0.3 is 0 Å². The van der Waals surface area contributed by atoms with Gasteiger partial charge in [0.15, 0.2) is 0 Å². The standard InChI is InChI=1S/C16H20N2/c1-2-6-16-13(4-1)7-11-18(16)15-8-10-17-9-3-5-14(17)12-15/h1-2,4,6-7,11,14-15H,3,5,8-10,12H2. The second-order valence-electron chi connectivity index (χ2n) is 5.79. The molecular formula is C16H20N2. The molecule has 94 valence electrons. The lowest BCUT2D eigenvalue weighted by molar-refractivity contribution is 0.157. The van der Waals surface area contributed by atoms with Gasteiger partial charge < -0.3 is 9.47 Å². The Morgan fingerprint density at radius 1 is 0.944 bits per heavy atom. The highest BCUT2D eigenvalue weighted by Gasteiger charge is 2.32. The molecule has 4 rings (SSSR count). The molecule has 1 aromatic heterocycles. The van der Waals surface area contributed by atoms with E-state index in [-0.39, 0.29) is 0 Å². The summed E-state index contributed by atoms with van der Waals surface area (Å²) in [6, 6.07) is 12.6. The summed E-state index contributed by atoms with van der Waals surface area (Å²) in [5.41, 5.74) is 1.41. The molecule has 0 N–H and O–H groups in total. The van der Waals surface area contributed by atoms with Crippen molar-refractivity contribution in [2.24, 2.45) is 0 Å². The van der Waals surface area contributed by atoms with Crippen molar-refractivity contribution in [1.29, 1.82) is 0 Å². The highest BCUT2D eigenvalue weighted by Crippen LogP contribution is 2.34. The van der Waals surface area contributed by atoms with Crippen LogP contribution in [0.5, 0.6) is 0 Å². The molecule has 0 saturated carbocycles. The number of hydrogen-bond acceptors (Lipinski definition) is 1. The van der Waals surface area contributed by atoms with Crippen molar-refractivity contribution in [2.45, 2.75) is 37.8 Å². The number of nitrogens with zero attached hydrogens (tertiary/aromatic N) is 2. The minimum atomic E-state index is 0.712. The lowest BCUT2D eigenvalue weighted by Gasteiger charge is -2.35. The van der Waals surface area contributed by atoms with Crippen LogP contribution in [0.2, 0.25) is 0 Å². The Balaban J connectivity index is 1.67. The van der Waals surface area contributed by atoms with Gasteiger partial charge in [-0.1, -0.05) is 18.2 Å². The zero-order valence-corrected chi connectivity index (χ0v) is 10.8. The Hall–Kier alpha value is -1.28. The molecule has 1 aromatic carbocycles. The van der Waals surface area contributed by atoms with Crippen molar-refractivity contribution in [2.75, 3.05) is 13.1 Å². The van der Waals surface area contributed by atoms with E-state index in [1.807, 2.05) is 0 Å². The maximum absolute atomic E-state index is 2.70. The van der Waals surface area contributed by atoms with Gasteiger partial charge in [-0.3, -0.25) is 0 Å².